The number of nitrogens with two attached hydrogens (primary N) is 1. The minimum absolute atomic E-state index is 0.00163. The lowest BCUT2D eigenvalue weighted by Crippen LogP contribution is -2.17. The summed E-state index contributed by atoms with van der Waals surface area (Å²) in [7, 11) is 0. The zero-order valence-electron chi connectivity index (χ0n) is 9.70. The summed E-state index contributed by atoms with van der Waals surface area (Å²) < 4.78 is 5.32. The summed E-state index contributed by atoms with van der Waals surface area (Å²) >= 11 is 0. The first-order chi connectivity index (χ1) is 7.27. The number of benzene rings is 1. The summed E-state index contributed by atoms with van der Waals surface area (Å²) in [5.74, 6) is 0. The predicted octanol–water partition coefficient (Wildman–Crippen LogP) is 2.68. The van der Waals surface area contributed by atoms with E-state index in [1.807, 2.05) is 6.92 Å². The lowest BCUT2D eigenvalue weighted by atomic mass is 10.0. The van der Waals surface area contributed by atoms with E-state index >= 15 is 0 Å². The number of rotatable bonds is 6. The van der Waals surface area contributed by atoms with Crippen molar-refractivity contribution in [3.05, 3.63) is 35.4 Å². The van der Waals surface area contributed by atoms with E-state index in [9.17, 15) is 0 Å². The van der Waals surface area contributed by atoms with Crippen LogP contribution in [0, 0.1) is 0 Å². The fourth-order valence-corrected chi connectivity index (χ4v) is 1.61. The highest BCUT2D eigenvalue weighted by atomic mass is 16.5. The van der Waals surface area contributed by atoms with Crippen LogP contribution in [0.15, 0.2) is 24.3 Å². The largest absolute Gasteiger partial charge is 0.380 e. The van der Waals surface area contributed by atoms with Crippen molar-refractivity contribution >= 4 is 0 Å². The van der Waals surface area contributed by atoms with Crippen LogP contribution in [0.25, 0.3) is 0 Å². The predicted molar refractivity (Wildman–Crippen MR) is 63.9 cm³/mol. The highest BCUT2D eigenvalue weighted by Crippen LogP contribution is 2.14. The quantitative estimate of drug-likeness (QED) is 0.778. The highest BCUT2D eigenvalue weighted by molar-refractivity contribution is 5.26. The molecule has 1 atom stereocenters. The molecule has 1 rings (SSSR count). The zero-order chi connectivity index (χ0) is 11.1. The van der Waals surface area contributed by atoms with Gasteiger partial charge >= 0.3 is 0 Å². The third-order valence-electron chi connectivity index (χ3n) is 2.42. The molecule has 0 spiro atoms. The molecule has 1 aromatic rings. The summed E-state index contributed by atoms with van der Waals surface area (Å²) in [6.45, 7) is 5.50. The molecular weight excluding hydrogens is 186 g/mol. The van der Waals surface area contributed by atoms with E-state index in [0.29, 0.717) is 6.61 Å². The summed E-state index contributed by atoms with van der Waals surface area (Å²) in [6, 6.07) is 8.49. The van der Waals surface area contributed by atoms with Crippen molar-refractivity contribution in [2.24, 2.45) is 5.73 Å². The van der Waals surface area contributed by atoms with E-state index in [2.05, 4.69) is 31.2 Å². The van der Waals surface area contributed by atoms with E-state index in [1.54, 1.807) is 0 Å². The Labute approximate surface area is 92.4 Å². The first-order valence-electron chi connectivity index (χ1n) is 5.70. The molecule has 0 fully saturated rings. The smallest absolute Gasteiger partial charge is 0.0659 e. The van der Waals surface area contributed by atoms with Gasteiger partial charge in [0.15, 0.2) is 0 Å². The molecule has 2 N–H and O–H groups in total. The van der Waals surface area contributed by atoms with Crippen molar-refractivity contribution in [2.75, 3.05) is 13.2 Å². The van der Waals surface area contributed by atoms with Gasteiger partial charge in [-0.2, -0.15) is 0 Å². The Bertz CT molecular complexity index is 286. The van der Waals surface area contributed by atoms with Gasteiger partial charge in [0.1, 0.15) is 0 Å². The maximum atomic E-state index is 6.02. The van der Waals surface area contributed by atoms with E-state index < -0.39 is 0 Å². The molecule has 0 amide bonds. The van der Waals surface area contributed by atoms with Gasteiger partial charge in [0.25, 0.3) is 0 Å². The van der Waals surface area contributed by atoms with Gasteiger partial charge in [0.2, 0.25) is 0 Å². The van der Waals surface area contributed by atoms with Crippen LogP contribution in [0.1, 0.15) is 37.4 Å². The Morgan fingerprint density at radius 3 is 2.80 bits per heavy atom. The molecule has 0 bridgehead atoms. The molecule has 2 nitrogen and oxygen atoms in total. The highest BCUT2D eigenvalue weighted by Gasteiger charge is 2.05. The Balaban J connectivity index is 2.62. The van der Waals surface area contributed by atoms with Crippen LogP contribution in [0.2, 0.25) is 0 Å². The van der Waals surface area contributed by atoms with Crippen molar-refractivity contribution in [3.63, 3.8) is 0 Å². The lowest BCUT2D eigenvalue weighted by Gasteiger charge is -2.12. The summed E-state index contributed by atoms with van der Waals surface area (Å²) in [4.78, 5) is 0. The van der Waals surface area contributed by atoms with Gasteiger partial charge in [-0.1, -0.05) is 37.6 Å². The molecule has 0 heterocycles. The monoisotopic (exact) mass is 207 g/mol. The molecular formula is C13H21NO. The molecule has 0 radical (unpaired) electrons. The molecule has 0 aromatic heterocycles. The van der Waals surface area contributed by atoms with E-state index in [1.165, 1.54) is 17.5 Å². The number of hydrogen-bond donors (Lipinski definition) is 1. The Morgan fingerprint density at radius 2 is 2.13 bits per heavy atom. The van der Waals surface area contributed by atoms with Gasteiger partial charge in [0, 0.05) is 6.61 Å². The standard InChI is InChI=1S/C13H21NO/c1-3-6-11-7-5-8-12(9-11)13(14)10-15-4-2/h5,7-9,13H,3-4,6,10,14H2,1-2H3. The second-order valence-electron chi connectivity index (χ2n) is 3.76. The number of hydrogen-bond acceptors (Lipinski definition) is 2. The molecule has 0 aliphatic rings. The third kappa shape index (κ3) is 4.02. The average molecular weight is 207 g/mol. The van der Waals surface area contributed by atoms with Gasteiger partial charge in [-0.25, -0.2) is 0 Å². The average Bonchev–Trinajstić information content (AvgIpc) is 2.27. The van der Waals surface area contributed by atoms with Crippen LogP contribution in [0.4, 0.5) is 0 Å². The van der Waals surface area contributed by atoms with Gasteiger partial charge in [-0.05, 0) is 24.5 Å². The summed E-state index contributed by atoms with van der Waals surface area (Å²) in [5, 5.41) is 0. The van der Waals surface area contributed by atoms with Gasteiger partial charge in [0.05, 0.1) is 12.6 Å². The SMILES string of the molecule is CCCc1cccc(C(N)COCC)c1. The molecule has 0 saturated carbocycles. The van der Waals surface area contributed by atoms with E-state index in [4.69, 9.17) is 10.5 Å². The fraction of sp³-hybridized carbons (Fsp3) is 0.538. The first kappa shape index (κ1) is 12.2. The van der Waals surface area contributed by atoms with Crippen molar-refractivity contribution in [3.8, 4) is 0 Å². The maximum Gasteiger partial charge on any atom is 0.0659 e. The van der Waals surface area contributed by atoms with Crippen LogP contribution in [-0.4, -0.2) is 13.2 Å². The zero-order valence-corrected chi connectivity index (χ0v) is 9.70. The minimum Gasteiger partial charge on any atom is -0.380 e. The van der Waals surface area contributed by atoms with Crippen molar-refractivity contribution in [1.82, 2.24) is 0 Å². The van der Waals surface area contributed by atoms with Crippen LogP contribution in [0.5, 0.6) is 0 Å². The Kier molecular flexibility index (Phi) is 5.37. The van der Waals surface area contributed by atoms with Crippen molar-refractivity contribution in [2.45, 2.75) is 32.7 Å². The molecule has 84 valence electrons. The summed E-state index contributed by atoms with van der Waals surface area (Å²) in [5.41, 5.74) is 8.56. The van der Waals surface area contributed by atoms with E-state index in [0.717, 1.165) is 13.0 Å². The maximum absolute atomic E-state index is 6.02. The van der Waals surface area contributed by atoms with Crippen LogP contribution in [0.3, 0.4) is 0 Å². The second kappa shape index (κ2) is 6.59. The van der Waals surface area contributed by atoms with Crippen molar-refractivity contribution in [1.29, 1.82) is 0 Å². The Morgan fingerprint density at radius 1 is 1.33 bits per heavy atom. The first-order valence-corrected chi connectivity index (χ1v) is 5.70. The second-order valence-corrected chi connectivity index (χ2v) is 3.76. The molecule has 1 unspecified atom stereocenters. The molecule has 0 aliphatic carbocycles. The molecule has 0 aliphatic heterocycles. The Hall–Kier alpha value is -0.860. The van der Waals surface area contributed by atoms with Gasteiger partial charge < -0.3 is 10.5 Å². The number of aryl methyl sites for hydroxylation is 1. The van der Waals surface area contributed by atoms with Gasteiger partial charge in [-0.3, -0.25) is 0 Å². The summed E-state index contributed by atoms with van der Waals surface area (Å²) in [6.07, 6.45) is 2.29. The molecule has 15 heavy (non-hydrogen) atoms. The molecule has 2 heteroatoms. The normalized spacial score (nSPS) is 12.7. The van der Waals surface area contributed by atoms with Gasteiger partial charge in [-0.15, -0.1) is 0 Å². The molecule has 1 aromatic carbocycles. The van der Waals surface area contributed by atoms with E-state index in [-0.39, 0.29) is 6.04 Å². The van der Waals surface area contributed by atoms with Crippen LogP contribution >= 0.6 is 0 Å². The minimum atomic E-state index is 0.00163. The van der Waals surface area contributed by atoms with Crippen LogP contribution < -0.4 is 5.73 Å². The third-order valence-corrected chi connectivity index (χ3v) is 2.42. The topological polar surface area (TPSA) is 35.2 Å². The lowest BCUT2D eigenvalue weighted by molar-refractivity contribution is 0.133. The number of ether oxygens (including phenoxy) is 1. The molecule has 0 saturated heterocycles. The fourth-order valence-electron chi connectivity index (χ4n) is 1.61. The van der Waals surface area contributed by atoms with Crippen LogP contribution in [-0.2, 0) is 11.2 Å². The van der Waals surface area contributed by atoms with Crippen molar-refractivity contribution < 1.29 is 4.74 Å².